The van der Waals surface area contributed by atoms with Crippen LogP contribution in [0.5, 0.6) is 0 Å². The number of para-hydroxylation sites is 1. The van der Waals surface area contributed by atoms with Crippen molar-refractivity contribution in [2.75, 3.05) is 0 Å². The van der Waals surface area contributed by atoms with Gasteiger partial charge in [0.2, 0.25) is 0 Å². The minimum atomic E-state index is -0.423. The second kappa shape index (κ2) is 7.21. The highest BCUT2D eigenvalue weighted by Crippen LogP contribution is 2.34. The van der Waals surface area contributed by atoms with E-state index in [0.717, 1.165) is 36.9 Å². The molecule has 6 nitrogen and oxygen atoms in total. The largest absolute Gasteiger partial charge is 0.335 e. The fourth-order valence-electron chi connectivity index (χ4n) is 3.05. The molecule has 2 N–H and O–H groups in total. The lowest BCUT2D eigenvalue weighted by Gasteiger charge is -2.17. The van der Waals surface area contributed by atoms with Gasteiger partial charge >= 0.3 is 0 Å². The molecule has 7 heteroatoms. The summed E-state index contributed by atoms with van der Waals surface area (Å²) in [5.74, 6) is 1.08. The first-order valence-electron chi connectivity index (χ1n) is 8.14. The van der Waals surface area contributed by atoms with E-state index in [1.54, 1.807) is 12.3 Å². The maximum absolute atomic E-state index is 6.35. The average molecular weight is 358 g/mol. The van der Waals surface area contributed by atoms with Crippen molar-refractivity contribution >= 4 is 24.6 Å². The molecule has 0 bridgehead atoms. The molecule has 130 valence electrons. The monoisotopic (exact) mass is 357 g/mol. The summed E-state index contributed by atoms with van der Waals surface area (Å²) in [6.07, 6.45) is 11.5. The van der Waals surface area contributed by atoms with Crippen LogP contribution in [-0.4, -0.2) is 19.9 Å². The maximum atomic E-state index is 6.35. The topological polar surface area (TPSA) is 82.8 Å². The van der Waals surface area contributed by atoms with Crippen molar-refractivity contribution in [1.29, 1.82) is 0 Å². The number of nitrogens with two attached hydrogens (primary N) is 1. The van der Waals surface area contributed by atoms with Gasteiger partial charge in [0.15, 0.2) is 5.82 Å². The number of rotatable bonds is 4. The summed E-state index contributed by atoms with van der Waals surface area (Å²) < 4.78 is 7.13. The van der Waals surface area contributed by atoms with Crippen molar-refractivity contribution in [2.45, 2.75) is 31.2 Å². The molecule has 25 heavy (non-hydrogen) atoms. The van der Waals surface area contributed by atoms with Gasteiger partial charge in [0, 0.05) is 17.8 Å². The van der Waals surface area contributed by atoms with E-state index >= 15 is 0 Å². The summed E-state index contributed by atoms with van der Waals surface area (Å²) in [6, 6.07) is 9.96. The maximum Gasteiger partial charge on any atom is 0.250 e. The number of aromatic nitrogens is 4. The van der Waals surface area contributed by atoms with Crippen molar-refractivity contribution in [3.63, 3.8) is 0 Å². The molecule has 4 rings (SSSR count). The van der Waals surface area contributed by atoms with E-state index in [4.69, 9.17) is 10.3 Å². The van der Waals surface area contributed by atoms with Gasteiger partial charge in [-0.15, -0.1) is 12.4 Å². The Morgan fingerprint density at radius 3 is 2.64 bits per heavy atom. The highest BCUT2D eigenvalue weighted by molar-refractivity contribution is 5.85. The fraction of sp³-hybridized carbons (Fsp3) is 0.278. The molecule has 0 saturated heterocycles. The first-order valence-corrected chi connectivity index (χ1v) is 8.14. The van der Waals surface area contributed by atoms with Gasteiger partial charge in [0.25, 0.3) is 5.89 Å². The molecule has 0 radical (unpaired) electrons. The Bertz CT molecular complexity index is 849. The molecule has 0 atom stereocenters. The van der Waals surface area contributed by atoms with Gasteiger partial charge < -0.3 is 10.3 Å². The summed E-state index contributed by atoms with van der Waals surface area (Å²) >= 11 is 0. The van der Waals surface area contributed by atoms with Crippen LogP contribution in [-0.2, 0) is 5.54 Å². The number of hydrogen-bond acceptors (Lipinski definition) is 5. The molecular formula is C18H20ClN5O. The molecule has 1 saturated carbocycles. The molecule has 1 aliphatic carbocycles. The lowest BCUT2D eigenvalue weighted by molar-refractivity contribution is 0.364. The Morgan fingerprint density at radius 2 is 1.88 bits per heavy atom. The third-order valence-corrected chi connectivity index (χ3v) is 4.42. The Balaban J connectivity index is 0.00000182. The number of hydrogen-bond donors (Lipinski definition) is 1. The van der Waals surface area contributed by atoms with Crippen molar-refractivity contribution in [3.8, 4) is 5.69 Å². The highest BCUT2D eigenvalue weighted by Gasteiger charge is 2.35. The van der Waals surface area contributed by atoms with E-state index in [0.29, 0.717) is 11.7 Å². The van der Waals surface area contributed by atoms with Gasteiger partial charge in [0.05, 0.1) is 17.4 Å². The molecule has 1 aromatic carbocycles. The summed E-state index contributed by atoms with van der Waals surface area (Å²) in [6.45, 7) is 0. The predicted octanol–water partition coefficient (Wildman–Crippen LogP) is 3.58. The molecule has 2 heterocycles. The average Bonchev–Trinajstić information content (AvgIpc) is 3.35. The summed E-state index contributed by atoms with van der Waals surface area (Å²) in [5.41, 5.74) is 7.90. The third-order valence-electron chi connectivity index (χ3n) is 4.42. The predicted molar refractivity (Wildman–Crippen MR) is 98.4 cm³/mol. The van der Waals surface area contributed by atoms with Crippen LogP contribution < -0.4 is 5.73 Å². The first-order chi connectivity index (χ1) is 11.7. The SMILES string of the molecule is Cl.NC1(c2noc(/C=C/c3cnn(-c4ccccc4)c3)n2)CCCC1. The number of benzene rings is 1. The fourth-order valence-corrected chi connectivity index (χ4v) is 3.05. The standard InChI is InChI=1S/C18H19N5O.ClH/c19-18(10-4-5-11-18)17-21-16(24-22-17)9-8-14-12-20-23(13-14)15-6-2-1-3-7-15;/h1-3,6-9,12-13H,4-5,10-11,19H2;1H/b9-8+;. The lowest BCUT2D eigenvalue weighted by Crippen LogP contribution is -2.34. The Labute approximate surface area is 152 Å². The lowest BCUT2D eigenvalue weighted by atomic mass is 9.99. The Kier molecular flexibility index (Phi) is 5.01. The van der Waals surface area contributed by atoms with Crippen LogP contribution in [0.15, 0.2) is 47.2 Å². The summed E-state index contributed by atoms with van der Waals surface area (Å²) in [5, 5.41) is 8.41. The molecule has 0 amide bonds. The molecule has 3 aromatic rings. The molecule has 0 aliphatic heterocycles. The van der Waals surface area contributed by atoms with Crippen LogP contribution in [0, 0.1) is 0 Å². The van der Waals surface area contributed by atoms with Gasteiger partial charge in [-0.05, 0) is 31.1 Å². The van der Waals surface area contributed by atoms with Crippen LogP contribution in [0.2, 0.25) is 0 Å². The van der Waals surface area contributed by atoms with E-state index in [-0.39, 0.29) is 12.4 Å². The van der Waals surface area contributed by atoms with Crippen molar-refractivity contribution in [1.82, 2.24) is 19.9 Å². The Hall–Kier alpha value is -2.44. The van der Waals surface area contributed by atoms with Gasteiger partial charge in [-0.1, -0.05) is 36.2 Å². The van der Waals surface area contributed by atoms with Gasteiger partial charge in [-0.2, -0.15) is 10.1 Å². The number of halogens is 1. The molecule has 0 unspecified atom stereocenters. The van der Waals surface area contributed by atoms with Crippen LogP contribution in [0.1, 0.15) is 43.0 Å². The normalized spacial score (nSPS) is 16.2. The quantitative estimate of drug-likeness (QED) is 0.771. The zero-order chi connectivity index (χ0) is 16.4. The molecule has 0 spiro atoms. The van der Waals surface area contributed by atoms with Gasteiger partial charge in [-0.25, -0.2) is 4.68 Å². The minimum absolute atomic E-state index is 0. The zero-order valence-corrected chi connectivity index (χ0v) is 14.5. The molecule has 1 fully saturated rings. The molecule has 1 aliphatic rings. The Morgan fingerprint density at radius 1 is 1.12 bits per heavy atom. The molecule has 2 aromatic heterocycles. The smallest absolute Gasteiger partial charge is 0.250 e. The van der Waals surface area contributed by atoms with Crippen LogP contribution >= 0.6 is 12.4 Å². The van der Waals surface area contributed by atoms with Gasteiger partial charge in [0.1, 0.15) is 0 Å². The number of nitrogens with zero attached hydrogens (tertiary/aromatic N) is 4. The van der Waals surface area contributed by atoms with E-state index in [1.807, 2.05) is 47.3 Å². The summed E-state index contributed by atoms with van der Waals surface area (Å²) in [4.78, 5) is 4.43. The van der Waals surface area contributed by atoms with Crippen LogP contribution in [0.3, 0.4) is 0 Å². The van der Waals surface area contributed by atoms with E-state index in [9.17, 15) is 0 Å². The minimum Gasteiger partial charge on any atom is -0.335 e. The second-order valence-electron chi connectivity index (χ2n) is 6.21. The third kappa shape index (κ3) is 3.65. The second-order valence-corrected chi connectivity index (χ2v) is 6.21. The summed E-state index contributed by atoms with van der Waals surface area (Å²) in [7, 11) is 0. The van der Waals surface area contributed by atoms with E-state index in [1.165, 1.54) is 0 Å². The van der Waals surface area contributed by atoms with Crippen LogP contribution in [0.4, 0.5) is 0 Å². The van der Waals surface area contributed by atoms with Gasteiger partial charge in [-0.3, -0.25) is 0 Å². The van der Waals surface area contributed by atoms with Crippen molar-refractivity contribution in [3.05, 3.63) is 60.0 Å². The van der Waals surface area contributed by atoms with E-state index in [2.05, 4.69) is 15.2 Å². The van der Waals surface area contributed by atoms with Crippen LogP contribution in [0.25, 0.3) is 17.8 Å². The van der Waals surface area contributed by atoms with Crippen molar-refractivity contribution < 1.29 is 4.52 Å². The van der Waals surface area contributed by atoms with E-state index < -0.39 is 5.54 Å². The molecular weight excluding hydrogens is 338 g/mol. The first kappa shape index (κ1) is 17.4. The zero-order valence-electron chi connectivity index (χ0n) is 13.7. The van der Waals surface area contributed by atoms with Crippen molar-refractivity contribution in [2.24, 2.45) is 5.73 Å². The highest BCUT2D eigenvalue weighted by atomic mass is 35.5.